The fraction of sp³-hybridized carbons (Fsp3) is 0.750. The number of nitrogens with two attached hydrogens (primary N) is 1. The highest BCUT2D eigenvalue weighted by Crippen LogP contribution is 2.16. The molecule has 2 unspecified atom stereocenters. The van der Waals surface area contributed by atoms with Gasteiger partial charge in [-0.3, -0.25) is 14.4 Å². The molecular formula is C32H59N5O11. The number of alkyl carbamates (subject to hydrolysis) is 2. The number of carbonyl (C=O) groups is 6. The quantitative estimate of drug-likeness (QED) is 0.0406. The van der Waals surface area contributed by atoms with Crippen LogP contribution in [0.3, 0.4) is 0 Å². The maximum atomic E-state index is 13.3. The first kappa shape index (κ1) is 46.4. The van der Waals surface area contributed by atoms with Crippen LogP contribution in [0.4, 0.5) is 14.4 Å². The van der Waals surface area contributed by atoms with Gasteiger partial charge in [-0.25, -0.2) is 24.2 Å². The van der Waals surface area contributed by atoms with Crippen LogP contribution in [-0.2, 0) is 38.4 Å². The second-order valence-corrected chi connectivity index (χ2v) is 11.9. The van der Waals surface area contributed by atoms with Gasteiger partial charge < -0.3 is 41.2 Å². The number of primary amides is 1. The number of ether oxygens (including phenoxy) is 3. The Hall–Kier alpha value is -3.76. The van der Waals surface area contributed by atoms with Crippen molar-refractivity contribution in [3.63, 3.8) is 0 Å². The van der Waals surface area contributed by atoms with Crippen LogP contribution in [0.25, 0.3) is 0 Å². The minimum absolute atomic E-state index is 0.0599. The Kier molecular flexibility index (Phi) is 27.3. The van der Waals surface area contributed by atoms with Gasteiger partial charge in [-0.1, -0.05) is 13.8 Å². The molecule has 5 amide bonds. The van der Waals surface area contributed by atoms with Gasteiger partial charge in [0, 0.05) is 38.5 Å². The van der Waals surface area contributed by atoms with Crippen molar-refractivity contribution >= 4 is 35.7 Å². The Morgan fingerprint density at radius 1 is 0.812 bits per heavy atom. The second kappa shape index (κ2) is 28.3. The van der Waals surface area contributed by atoms with Gasteiger partial charge in [0.15, 0.2) is 11.6 Å². The van der Waals surface area contributed by atoms with Crippen LogP contribution in [0.2, 0.25) is 0 Å². The molecule has 278 valence electrons. The highest BCUT2D eigenvalue weighted by Gasteiger charge is 2.30. The lowest BCUT2D eigenvalue weighted by Gasteiger charge is -2.23. The van der Waals surface area contributed by atoms with Crippen molar-refractivity contribution in [3.05, 3.63) is 13.2 Å². The normalized spacial score (nSPS) is 12.1. The lowest BCUT2D eigenvalue weighted by atomic mass is 9.89. The van der Waals surface area contributed by atoms with Crippen molar-refractivity contribution in [1.29, 1.82) is 0 Å². The molecule has 0 saturated carbocycles. The molecule has 2 atom stereocenters. The third kappa shape index (κ3) is 27.4. The third-order valence-electron chi connectivity index (χ3n) is 6.24. The van der Waals surface area contributed by atoms with Gasteiger partial charge in [-0.15, -0.1) is 13.2 Å². The summed E-state index contributed by atoms with van der Waals surface area (Å²) < 4.78 is 15.7. The molecule has 6 N–H and O–H groups in total. The zero-order chi connectivity index (χ0) is 37.0. The molecule has 16 heteroatoms. The zero-order valence-corrected chi connectivity index (χ0v) is 29.6. The van der Waals surface area contributed by atoms with Crippen LogP contribution in [0.5, 0.6) is 0 Å². The second-order valence-electron chi connectivity index (χ2n) is 11.9. The fourth-order valence-corrected chi connectivity index (χ4v) is 4.00. The van der Waals surface area contributed by atoms with Crippen LogP contribution >= 0.6 is 0 Å². The molecule has 0 aromatic rings. The first-order valence-electron chi connectivity index (χ1n) is 16.1. The Bertz CT molecular complexity index is 957. The molecule has 0 fully saturated rings. The SMILES string of the molecule is C=C.COOCCCCC(=O)CNC(=O)C(CCCNC(N)=O)CC(=O)C(NC(=O)OCCOCCCNC(=O)OC(C)(C)C)C(C)C. The number of carbonyl (C=O) groups excluding carboxylic acids is 6. The number of urea groups is 1. The van der Waals surface area contributed by atoms with E-state index in [1.165, 1.54) is 7.11 Å². The molecule has 0 aromatic carbocycles. The maximum absolute atomic E-state index is 13.3. The number of hydrogen-bond donors (Lipinski definition) is 5. The van der Waals surface area contributed by atoms with Crippen molar-refractivity contribution in [2.24, 2.45) is 17.6 Å². The number of amides is 5. The van der Waals surface area contributed by atoms with E-state index in [1.807, 2.05) is 0 Å². The minimum Gasteiger partial charge on any atom is -0.447 e. The van der Waals surface area contributed by atoms with Crippen LogP contribution < -0.4 is 27.0 Å². The average molecular weight is 690 g/mol. The molecule has 48 heavy (non-hydrogen) atoms. The van der Waals surface area contributed by atoms with Gasteiger partial charge in [-0.05, 0) is 58.8 Å². The van der Waals surface area contributed by atoms with E-state index in [0.29, 0.717) is 45.4 Å². The summed E-state index contributed by atoms with van der Waals surface area (Å²) in [5, 5.41) is 10.2. The van der Waals surface area contributed by atoms with Crippen LogP contribution in [0.1, 0.15) is 79.6 Å². The van der Waals surface area contributed by atoms with Crippen molar-refractivity contribution < 1.29 is 52.8 Å². The molecule has 0 spiro atoms. The summed E-state index contributed by atoms with van der Waals surface area (Å²) in [5.41, 5.74) is 4.52. The Balaban J connectivity index is 0. The summed E-state index contributed by atoms with van der Waals surface area (Å²) in [7, 11) is 1.40. The first-order chi connectivity index (χ1) is 22.7. The standard InChI is InChI=1S/C30H55N5O11.C2H4/c1-21(2)25(35-29(41)44-18-17-43-15-10-14-33-28(40)46-30(3,4)5)24(37)19-22(11-9-13-32-27(31)39)26(38)34-20-23(36)12-7-8-16-45-42-6;1-2/h21-22,25H,7-20H2,1-6H3,(H,33,40)(H,34,38)(H,35,41)(H3,31,32,39);1-2H2. The predicted molar refractivity (Wildman–Crippen MR) is 179 cm³/mol. The topological polar surface area (TPSA) is 223 Å². The largest absolute Gasteiger partial charge is 0.447 e. The summed E-state index contributed by atoms with van der Waals surface area (Å²) in [6.45, 7) is 15.9. The average Bonchev–Trinajstić information content (AvgIpc) is 3.01. The number of ketones is 2. The van der Waals surface area contributed by atoms with Crippen molar-refractivity contribution in [3.8, 4) is 0 Å². The molecule has 0 bridgehead atoms. The number of Topliss-reactive ketones (excluding diaryl/α,β-unsaturated/α-hetero) is 2. The van der Waals surface area contributed by atoms with Gasteiger partial charge in [0.05, 0.1) is 32.9 Å². The van der Waals surface area contributed by atoms with Crippen molar-refractivity contribution in [2.75, 3.05) is 53.2 Å². The van der Waals surface area contributed by atoms with E-state index < -0.39 is 41.7 Å². The van der Waals surface area contributed by atoms with Crippen molar-refractivity contribution in [1.82, 2.24) is 21.3 Å². The van der Waals surface area contributed by atoms with Crippen LogP contribution in [0.15, 0.2) is 13.2 Å². The van der Waals surface area contributed by atoms with E-state index in [0.717, 1.165) is 0 Å². The molecule has 0 aliphatic carbocycles. The van der Waals surface area contributed by atoms with E-state index in [9.17, 15) is 28.8 Å². The summed E-state index contributed by atoms with van der Waals surface area (Å²) in [6, 6.07) is -1.64. The summed E-state index contributed by atoms with van der Waals surface area (Å²) in [4.78, 5) is 82.7. The molecule has 0 saturated heterocycles. The lowest BCUT2D eigenvalue weighted by molar-refractivity contribution is -0.272. The summed E-state index contributed by atoms with van der Waals surface area (Å²) >= 11 is 0. The van der Waals surface area contributed by atoms with Crippen LogP contribution in [0, 0.1) is 11.8 Å². The van der Waals surface area contributed by atoms with Gasteiger partial charge in [0.2, 0.25) is 5.91 Å². The third-order valence-corrected chi connectivity index (χ3v) is 6.24. The van der Waals surface area contributed by atoms with Gasteiger partial charge in [0.25, 0.3) is 0 Å². The van der Waals surface area contributed by atoms with E-state index >= 15 is 0 Å². The molecule has 0 radical (unpaired) electrons. The molecule has 16 nitrogen and oxygen atoms in total. The smallest absolute Gasteiger partial charge is 0.407 e. The highest BCUT2D eigenvalue weighted by atomic mass is 17.2. The molecule has 0 aliphatic heterocycles. The Labute approximate surface area is 284 Å². The number of nitrogens with one attached hydrogen (secondary N) is 4. The van der Waals surface area contributed by atoms with Gasteiger partial charge >= 0.3 is 18.2 Å². The number of hydrogen-bond acceptors (Lipinski definition) is 11. The van der Waals surface area contributed by atoms with Crippen LogP contribution in [-0.4, -0.2) is 101 Å². The molecule has 0 heterocycles. The maximum Gasteiger partial charge on any atom is 0.407 e. The van der Waals surface area contributed by atoms with E-state index in [4.69, 9.17) is 24.8 Å². The Morgan fingerprint density at radius 3 is 2.08 bits per heavy atom. The van der Waals surface area contributed by atoms with Crippen molar-refractivity contribution in [2.45, 2.75) is 91.2 Å². The molecular weight excluding hydrogens is 630 g/mol. The number of rotatable bonds is 25. The highest BCUT2D eigenvalue weighted by molar-refractivity contribution is 5.93. The van der Waals surface area contributed by atoms with Gasteiger partial charge in [-0.2, -0.15) is 0 Å². The van der Waals surface area contributed by atoms with E-state index in [2.05, 4.69) is 39.3 Å². The summed E-state index contributed by atoms with van der Waals surface area (Å²) in [5.74, 6) is -2.14. The first-order valence-corrected chi connectivity index (χ1v) is 16.1. The minimum atomic E-state index is -0.928. The van der Waals surface area contributed by atoms with E-state index in [-0.39, 0.29) is 63.1 Å². The number of unbranched alkanes of at least 4 members (excludes halogenated alkanes) is 1. The molecule has 0 aromatic heterocycles. The lowest BCUT2D eigenvalue weighted by Crippen LogP contribution is -2.46. The monoisotopic (exact) mass is 689 g/mol. The molecule has 0 rings (SSSR count). The Morgan fingerprint density at radius 2 is 1.48 bits per heavy atom. The zero-order valence-electron chi connectivity index (χ0n) is 29.6. The van der Waals surface area contributed by atoms with Gasteiger partial charge in [0.1, 0.15) is 12.2 Å². The van der Waals surface area contributed by atoms with E-state index in [1.54, 1.807) is 34.6 Å². The molecule has 0 aliphatic rings. The fourth-order valence-electron chi connectivity index (χ4n) is 4.00. The summed E-state index contributed by atoms with van der Waals surface area (Å²) in [6.07, 6.45) is 1.03. The predicted octanol–water partition coefficient (Wildman–Crippen LogP) is 2.93.